The summed E-state index contributed by atoms with van der Waals surface area (Å²) in [5.41, 5.74) is 0. The van der Waals surface area contributed by atoms with E-state index in [9.17, 15) is 14.7 Å². The molecule has 0 aliphatic heterocycles. The van der Waals surface area contributed by atoms with E-state index in [0.717, 1.165) is 96.6 Å². The largest absolute Gasteiger partial charge is 0.466 e. The fourth-order valence-electron chi connectivity index (χ4n) is 5.66. The predicted octanol–water partition coefficient (Wildman–Crippen LogP) is 9.94. The molecule has 0 bridgehead atoms. The zero-order valence-electron chi connectivity index (χ0n) is 29.0. The SMILES string of the molecule is CCCCCCCCC(CCCCCCCC)OC(=O)CCCN(CCO)CCCCCCCCC(=O)OCCCCC. The fraction of sp³-hybridized carbons (Fsp3) is 0.946. The smallest absolute Gasteiger partial charge is 0.306 e. The molecule has 0 aromatic carbocycles. The number of aliphatic hydroxyl groups is 1. The fourth-order valence-corrected chi connectivity index (χ4v) is 5.66. The van der Waals surface area contributed by atoms with Gasteiger partial charge < -0.3 is 19.5 Å². The lowest BCUT2D eigenvalue weighted by Crippen LogP contribution is -2.29. The molecule has 0 spiro atoms. The Morgan fingerprint density at radius 2 is 1.00 bits per heavy atom. The maximum atomic E-state index is 12.7. The van der Waals surface area contributed by atoms with Gasteiger partial charge in [-0.15, -0.1) is 0 Å². The molecule has 256 valence electrons. The van der Waals surface area contributed by atoms with Gasteiger partial charge in [-0.2, -0.15) is 0 Å². The molecular weight excluding hydrogens is 538 g/mol. The molecule has 0 radical (unpaired) electrons. The molecular formula is C37H73NO5. The average molecular weight is 612 g/mol. The van der Waals surface area contributed by atoms with Gasteiger partial charge in [0, 0.05) is 19.4 Å². The van der Waals surface area contributed by atoms with Gasteiger partial charge >= 0.3 is 11.9 Å². The van der Waals surface area contributed by atoms with Gasteiger partial charge in [-0.1, -0.05) is 124 Å². The van der Waals surface area contributed by atoms with Crippen molar-refractivity contribution in [3.05, 3.63) is 0 Å². The summed E-state index contributed by atoms with van der Waals surface area (Å²) in [6.45, 7) is 9.81. The molecule has 0 rings (SSSR count). The van der Waals surface area contributed by atoms with Crippen LogP contribution in [0.5, 0.6) is 0 Å². The lowest BCUT2D eigenvalue weighted by molar-refractivity contribution is -0.150. The van der Waals surface area contributed by atoms with E-state index in [1.54, 1.807) is 0 Å². The van der Waals surface area contributed by atoms with Crippen LogP contribution in [0.15, 0.2) is 0 Å². The molecule has 6 heteroatoms. The van der Waals surface area contributed by atoms with Gasteiger partial charge in [0.05, 0.1) is 13.2 Å². The minimum absolute atomic E-state index is 0.0456. The number of hydrogen-bond acceptors (Lipinski definition) is 6. The Hall–Kier alpha value is -1.14. The first-order chi connectivity index (χ1) is 21.1. The number of unbranched alkanes of at least 4 members (excludes halogenated alkanes) is 17. The van der Waals surface area contributed by atoms with Gasteiger partial charge in [-0.25, -0.2) is 0 Å². The zero-order valence-corrected chi connectivity index (χ0v) is 29.0. The number of rotatable bonds is 34. The van der Waals surface area contributed by atoms with Gasteiger partial charge in [0.15, 0.2) is 0 Å². The van der Waals surface area contributed by atoms with E-state index in [0.29, 0.717) is 26.0 Å². The maximum Gasteiger partial charge on any atom is 0.306 e. The Kier molecular flexibility index (Phi) is 32.9. The van der Waals surface area contributed by atoms with E-state index in [1.165, 1.54) is 70.6 Å². The molecule has 0 aliphatic rings. The van der Waals surface area contributed by atoms with Crippen molar-refractivity contribution < 1.29 is 24.2 Å². The maximum absolute atomic E-state index is 12.7. The van der Waals surface area contributed by atoms with E-state index in [2.05, 4.69) is 25.7 Å². The number of esters is 2. The topological polar surface area (TPSA) is 76.1 Å². The monoisotopic (exact) mass is 612 g/mol. The summed E-state index contributed by atoms with van der Waals surface area (Å²) in [5.74, 6) is -0.0958. The number of carbonyl (C=O) groups is 2. The van der Waals surface area contributed by atoms with Crippen molar-refractivity contribution in [1.29, 1.82) is 0 Å². The highest BCUT2D eigenvalue weighted by Gasteiger charge is 2.15. The van der Waals surface area contributed by atoms with Gasteiger partial charge in [0.25, 0.3) is 0 Å². The summed E-state index contributed by atoms with van der Waals surface area (Å²) in [6.07, 6.45) is 28.9. The third-order valence-electron chi connectivity index (χ3n) is 8.45. The van der Waals surface area contributed by atoms with Crippen molar-refractivity contribution in [2.24, 2.45) is 0 Å². The number of aliphatic hydroxyl groups excluding tert-OH is 1. The summed E-state index contributed by atoms with van der Waals surface area (Å²) < 4.78 is 11.3. The summed E-state index contributed by atoms with van der Waals surface area (Å²) >= 11 is 0. The van der Waals surface area contributed by atoms with Crippen LogP contribution in [0.3, 0.4) is 0 Å². The lowest BCUT2D eigenvalue weighted by Gasteiger charge is -2.22. The Bertz CT molecular complexity index is 584. The first-order valence-corrected chi connectivity index (χ1v) is 18.8. The molecule has 0 unspecified atom stereocenters. The molecule has 43 heavy (non-hydrogen) atoms. The van der Waals surface area contributed by atoms with Crippen molar-refractivity contribution in [1.82, 2.24) is 4.90 Å². The second-order valence-electron chi connectivity index (χ2n) is 12.7. The first-order valence-electron chi connectivity index (χ1n) is 18.8. The summed E-state index contributed by atoms with van der Waals surface area (Å²) in [5, 5.41) is 9.52. The Balaban J connectivity index is 4.15. The third kappa shape index (κ3) is 30.7. The Morgan fingerprint density at radius 3 is 1.58 bits per heavy atom. The molecule has 0 amide bonds. The standard InChI is InChI=1S/C37H73NO5/c1-4-7-10-12-16-20-26-35(27-21-17-13-11-8-5-2)43-37(41)29-25-31-38(32-33-39)30-23-19-15-14-18-22-28-36(40)42-34-24-9-6-3/h35,39H,4-34H2,1-3H3. The first kappa shape index (κ1) is 41.9. The quantitative estimate of drug-likeness (QED) is 0.0576. The minimum atomic E-state index is -0.0502. The predicted molar refractivity (Wildman–Crippen MR) is 181 cm³/mol. The van der Waals surface area contributed by atoms with Gasteiger partial charge in [-0.05, 0) is 64.5 Å². The highest BCUT2D eigenvalue weighted by Crippen LogP contribution is 2.18. The van der Waals surface area contributed by atoms with Crippen molar-refractivity contribution in [3.63, 3.8) is 0 Å². The van der Waals surface area contributed by atoms with Crippen LogP contribution < -0.4 is 0 Å². The van der Waals surface area contributed by atoms with Gasteiger partial charge in [-0.3, -0.25) is 9.59 Å². The van der Waals surface area contributed by atoms with Crippen LogP contribution in [0, 0.1) is 0 Å². The number of nitrogens with zero attached hydrogens (tertiary/aromatic N) is 1. The Labute approximate surface area is 267 Å². The lowest BCUT2D eigenvalue weighted by atomic mass is 10.0. The van der Waals surface area contributed by atoms with Crippen LogP contribution >= 0.6 is 0 Å². The van der Waals surface area contributed by atoms with Crippen molar-refractivity contribution in [2.45, 2.75) is 194 Å². The third-order valence-corrected chi connectivity index (χ3v) is 8.45. The van der Waals surface area contributed by atoms with Crippen LogP contribution in [0.2, 0.25) is 0 Å². The molecule has 1 N–H and O–H groups in total. The molecule has 0 atom stereocenters. The second kappa shape index (κ2) is 33.7. The van der Waals surface area contributed by atoms with Crippen LogP contribution in [-0.2, 0) is 19.1 Å². The molecule has 0 saturated heterocycles. The van der Waals surface area contributed by atoms with E-state index < -0.39 is 0 Å². The summed E-state index contributed by atoms with van der Waals surface area (Å²) in [7, 11) is 0. The molecule has 0 aliphatic carbocycles. The molecule has 0 saturated carbocycles. The van der Waals surface area contributed by atoms with Gasteiger partial charge in [0.1, 0.15) is 6.10 Å². The average Bonchev–Trinajstić information content (AvgIpc) is 2.99. The van der Waals surface area contributed by atoms with Crippen LogP contribution in [0.1, 0.15) is 188 Å². The van der Waals surface area contributed by atoms with Crippen molar-refractivity contribution in [3.8, 4) is 0 Å². The molecule has 0 aromatic heterocycles. The van der Waals surface area contributed by atoms with Crippen LogP contribution in [0.25, 0.3) is 0 Å². The van der Waals surface area contributed by atoms with Gasteiger partial charge in [0.2, 0.25) is 0 Å². The van der Waals surface area contributed by atoms with Crippen LogP contribution in [0.4, 0.5) is 0 Å². The zero-order chi connectivity index (χ0) is 31.6. The molecule has 0 aromatic rings. The summed E-state index contributed by atoms with van der Waals surface area (Å²) in [4.78, 5) is 26.8. The highest BCUT2D eigenvalue weighted by molar-refractivity contribution is 5.69. The minimum Gasteiger partial charge on any atom is -0.466 e. The van der Waals surface area contributed by atoms with Crippen LogP contribution in [-0.4, -0.2) is 60.9 Å². The van der Waals surface area contributed by atoms with E-state index in [4.69, 9.17) is 9.47 Å². The number of carbonyl (C=O) groups excluding carboxylic acids is 2. The van der Waals surface area contributed by atoms with Crippen molar-refractivity contribution in [2.75, 3.05) is 32.8 Å². The summed E-state index contributed by atoms with van der Waals surface area (Å²) in [6, 6.07) is 0. The highest BCUT2D eigenvalue weighted by atomic mass is 16.5. The number of hydrogen-bond donors (Lipinski definition) is 1. The van der Waals surface area contributed by atoms with E-state index >= 15 is 0 Å². The van der Waals surface area contributed by atoms with E-state index in [-0.39, 0.29) is 24.6 Å². The Morgan fingerprint density at radius 1 is 0.535 bits per heavy atom. The van der Waals surface area contributed by atoms with E-state index in [1.807, 2.05) is 0 Å². The molecule has 0 fully saturated rings. The normalized spacial score (nSPS) is 11.5. The number of ether oxygens (including phenoxy) is 2. The molecule has 6 nitrogen and oxygen atoms in total. The molecule has 0 heterocycles. The second-order valence-corrected chi connectivity index (χ2v) is 12.7. The van der Waals surface area contributed by atoms with Crippen molar-refractivity contribution >= 4 is 11.9 Å².